The van der Waals surface area contributed by atoms with Crippen LogP contribution in [-0.4, -0.2) is 11.8 Å². The number of para-hydroxylation sites is 1. The highest BCUT2D eigenvalue weighted by atomic mass is 19.2. The lowest BCUT2D eigenvalue weighted by molar-refractivity contribution is 0.0923. The third kappa shape index (κ3) is 2.26. The maximum atomic E-state index is 14.0. The number of rotatable bonds is 3. The predicted molar refractivity (Wildman–Crippen MR) is 82.6 cm³/mol. The zero-order valence-corrected chi connectivity index (χ0v) is 13.4. The number of halogens is 4. The lowest BCUT2D eigenvalue weighted by atomic mass is 10.0. The molecule has 130 valence electrons. The molecule has 0 aliphatic carbocycles. The van der Waals surface area contributed by atoms with Gasteiger partial charge < -0.3 is 0 Å². The average Bonchev–Trinajstić information content (AvgIpc) is 2.87. The van der Waals surface area contributed by atoms with Crippen LogP contribution in [-0.2, 0) is 12.8 Å². The smallest absolute Gasteiger partial charge is 0.268 e. The Labute approximate surface area is 140 Å². The molecule has 0 radical (unpaired) electrons. The van der Waals surface area contributed by atoms with Crippen LogP contribution >= 0.6 is 0 Å². The topological polar surface area (TPSA) is 37.4 Å². The van der Waals surface area contributed by atoms with Crippen LogP contribution < -0.4 is 4.90 Å². The molecule has 25 heavy (non-hydrogen) atoms. The van der Waals surface area contributed by atoms with Crippen molar-refractivity contribution in [2.75, 3.05) is 4.90 Å². The third-order valence-electron chi connectivity index (χ3n) is 4.29. The Morgan fingerprint density at radius 3 is 1.52 bits per heavy atom. The van der Waals surface area contributed by atoms with Gasteiger partial charge >= 0.3 is 0 Å². The van der Waals surface area contributed by atoms with Crippen LogP contribution in [0.3, 0.4) is 0 Å². The maximum absolute atomic E-state index is 14.0. The molecule has 0 unspecified atom stereocenters. The van der Waals surface area contributed by atoms with Crippen molar-refractivity contribution >= 4 is 17.5 Å². The lowest BCUT2D eigenvalue weighted by Gasteiger charge is -2.21. The van der Waals surface area contributed by atoms with Crippen molar-refractivity contribution in [3.8, 4) is 0 Å². The summed E-state index contributed by atoms with van der Waals surface area (Å²) in [4.78, 5) is 25.8. The SMILES string of the molecule is CCc1cccc(CC)c1N1C(=O)c2c(F)c(F)c(F)c(F)c2C1=O. The summed E-state index contributed by atoms with van der Waals surface area (Å²) in [7, 11) is 0. The van der Waals surface area contributed by atoms with Crippen LogP contribution in [0.15, 0.2) is 18.2 Å². The van der Waals surface area contributed by atoms with Gasteiger partial charge in [-0.05, 0) is 24.0 Å². The van der Waals surface area contributed by atoms with Gasteiger partial charge in [-0.3, -0.25) is 9.59 Å². The van der Waals surface area contributed by atoms with Crippen molar-refractivity contribution in [2.24, 2.45) is 0 Å². The summed E-state index contributed by atoms with van der Waals surface area (Å²) in [6.07, 6.45) is 0.897. The molecule has 0 saturated heterocycles. The zero-order valence-electron chi connectivity index (χ0n) is 13.4. The van der Waals surface area contributed by atoms with E-state index >= 15 is 0 Å². The standard InChI is InChI=1S/C18H13F4NO2/c1-3-8-6-5-7-9(4-2)16(8)23-17(24)10-11(18(23)25)13(20)15(22)14(21)12(10)19/h5-7H,3-4H2,1-2H3. The van der Waals surface area contributed by atoms with Crippen molar-refractivity contribution in [3.05, 3.63) is 63.7 Å². The van der Waals surface area contributed by atoms with Crippen LogP contribution in [0, 0.1) is 23.3 Å². The molecule has 1 aliphatic heterocycles. The molecule has 0 spiro atoms. The van der Waals surface area contributed by atoms with Crippen molar-refractivity contribution in [2.45, 2.75) is 26.7 Å². The maximum Gasteiger partial charge on any atom is 0.269 e. The summed E-state index contributed by atoms with van der Waals surface area (Å²) in [5.41, 5.74) is -0.728. The summed E-state index contributed by atoms with van der Waals surface area (Å²) in [6.45, 7) is 3.58. The molecule has 2 aromatic rings. The van der Waals surface area contributed by atoms with Gasteiger partial charge in [0.05, 0.1) is 16.8 Å². The van der Waals surface area contributed by atoms with Gasteiger partial charge in [0.15, 0.2) is 23.3 Å². The summed E-state index contributed by atoms with van der Waals surface area (Å²) in [5, 5.41) is 0. The summed E-state index contributed by atoms with van der Waals surface area (Å²) >= 11 is 0. The highest BCUT2D eigenvalue weighted by molar-refractivity contribution is 6.35. The number of imide groups is 1. The Hall–Kier alpha value is -2.70. The van der Waals surface area contributed by atoms with Gasteiger partial charge in [-0.2, -0.15) is 0 Å². The Balaban J connectivity index is 2.31. The third-order valence-corrected chi connectivity index (χ3v) is 4.29. The van der Waals surface area contributed by atoms with Crippen LogP contribution in [0.25, 0.3) is 0 Å². The second kappa shape index (κ2) is 5.98. The van der Waals surface area contributed by atoms with Crippen molar-refractivity contribution < 1.29 is 27.2 Å². The molecule has 1 aliphatic rings. The highest BCUT2D eigenvalue weighted by Gasteiger charge is 2.45. The van der Waals surface area contributed by atoms with E-state index in [4.69, 9.17) is 0 Å². The molecule has 3 rings (SSSR count). The molecule has 0 N–H and O–H groups in total. The molecule has 0 atom stereocenters. The van der Waals surface area contributed by atoms with Crippen molar-refractivity contribution in [3.63, 3.8) is 0 Å². The number of amides is 2. The van der Waals surface area contributed by atoms with Gasteiger partial charge in [0.25, 0.3) is 11.8 Å². The minimum atomic E-state index is -2.11. The second-order valence-electron chi connectivity index (χ2n) is 5.58. The largest absolute Gasteiger partial charge is 0.269 e. The highest BCUT2D eigenvalue weighted by Crippen LogP contribution is 2.37. The Kier molecular flexibility index (Phi) is 4.10. The first-order valence-electron chi connectivity index (χ1n) is 7.70. The number of hydrogen-bond acceptors (Lipinski definition) is 2. The van der Waals surface area contributed by atoms with Gasteiger partial charge in [0.2, 0.25) is 0 Å². The van der Waals surface area contributed by atoms with E-state index in [0.717, 1.165) is 0 Å². The summed E-state index contributed by atoms with van der Waals surface area (Å²) < 4.78 is 55.1. The van der Waals surface area contributed by atoms with E-state index in [0.29, 0.717) is 28.9 Å². The van der Waals surface area contributed by atoms with Crippen molar-refractivity contribution in [1.82, 2.24) is 0 Å². The normalized spacial score (nSPS) is 13.6. The van der Waals surface area contributed by atoms with Crippen molar-refractivity contribution in [1.29, 1.82) is 0 Å². The van der Waals surface area contributed by atoms with Crippen LogP contribution in [0.4, 0.5) is 23.2 Å². The zero-order chi connectivity index (χ0) is 18.5. The first-order chi connectivity index (χ1) is 11.8. The number of anilines is 1. The molecule has 7 heteroatoms. The number of aryl methyl sites for hydroxylation is 2. The first-order valence-corrected chi connectivity index (χ1v) is 7.70. The molecular weight excluding hydrogens is 338 g/mol. The molecule has 2 aromatic carbocycles. The van der Waals surface area contributed by atoms with Gasteiger partial charge in [-0.25, -0.2) is 22.5 Å². The first kappa shape index (κ1) is 17.1. The van der Waals surface area contributed by atoms with Gasteiger partial charge in [-0.15, -0.1) is 0 Å². The molecule has 0 aromatic heterocycles. The Morgan fingerprint density at radius 2 is 1.16 bits per heavy atom. The summed E-state index contributed by atoms with van der Waals surface area (Å²) in [5.74, 6) is -10.3. The summed E-state index contributed by atoms with van der Waals surface area (Å²) in [6, 6.07) is 5.08. The quantitative estimate of drug-likeness (QED) is 0.360. The van der Waals surface area contributed by atoms with Gasteiger partial charge in [0.1, 0.15) is 0 Å². The monoisotopic (exact) mass is 351 g/mol. The molecule has 0 bridgehead atoms. The minimum Gasteiger partial charge on any atom is -0.268 e. The molecule has 1 heterocycles. The Morgan fingerprint density at radius 1 is 0.760 bits per heavy atom. The van der Waals surface area contributed by atoms with Crippen LogP contribution in [0.1, 0.15) is 45.7 Å². The van der Waals surface area contributed by atoms with E-state index in [2.05, 4.69) is 0 Å². The molecular formula is C18H13F4NO2. The number of carbonyl (C=O) groups is 2. The number of benzene rings is 2. The Bertz CT molecular complexity index is 855. The van der Waals surface area contributed by atoms with E-state index in [9.17, 15) is 27.2 Å². The lowest BCUT2D eigenvalue weighted by Crippen LogP contribution is -2.31. The van der Waals surface area contributed by atoms with Gasteiger partial charge in [-0.1, -0.05) is 32.0 Å². The minimum absolute atomic E-state index is 0.207. The average molecular weight is 351 g/mol. The fourth-order valence-electron chi connectivity index (χ4n) is 3.05. The van der Waals surface area contributed by atoms with Gasteiger partial charge in [0, 0.05) is 0 Å². The predicted octanol–water partition coefficient (Wildman–Crippen LogP) is 4.17. The second-order valence-corrected chi connectivity index (χ2v) is 5.58. The molecule has 0 fully saturated rings. The number of carbonyl (C=O) groups excluding carboxylic acids is 2. The number of nitrogens with zero attached hydrogens (tertiary/aromatic N) is 1. The van der Waals surface area contributed by atoms with E-state index in [-0.39, 0.29) is 5.69 Å². The number of fused-ring (bicyclic) bond motifs is 1. The fourth-order valence-corrected chi connectivity index (χ4v) is 3.05. The molecule has 2 amide bonds. The molecule has 0 saturated carbocycles. The van der Waals surface area contributed by atoms with E-state index in [1.165, 1.54) is 0 Å². The van der Waals surface area contributed by atoms with E-state index in [1.54, 1.807) is 32.0 Å². The van der Waals surface area contributed by atoms with Crippen LogP contribution in [0.2, 0.25) is 0 Å². The van der Waals surface area contributed by atoms with Crippen LogP contribution in [0.5, 0.6) is 0 Å². The van der Waals surface area contributed by atoms with E-state index in [1.807, 2.05) is 0 Å². The van der Waals surface area contributed by atoms with E-state index < -0.39 is 46.2 Å². The molecule has 3 nitrogen and oxygen atoms in total. The number of hydrogen-bond donors (Lipinski definition) is 0. The fraction of sp³-hybridized carbons (Fsp3) is 0.222.